The van der Waals surface area contributed by atoms with Crippen molar-refractivity contribution in [3.05, 3.63) is 53.1 Å². The summed E-state index contributed by atoms with van der Waals surface area (Å²) in [5.41, 5.74) is 4.01. The van der Waals surface area contributed by atoms with E-state index < -0.39 is 16.1 Å². The third-order valence-electron chi connectivity index (χ3n) is 7.95. The van der Waals surface area contributed by atoms with Crippen molar-refractivity contribution in [2.45, 2.75) is 25.7 Å². The summed E-state index contributed by atoms with van der Waals surface area (Å²) < 4.78 is 33.7. The van der Waals surface area contributed by atoms with Gasteiger partial charge in [0.2, 0.25) is 10.0 Å². The van der Waals surface area contributed by atoms with Crippen molar-refractivity contribution in [1.29, 1.82) is 0 Å². The second-order valence-corrected chi connectivity index (χ2v) is 13.5. The zero-order valence-electron chi connectivity index (χ0n) is 24.7. The number of aromatic nitrogens is 1. The molecule has 1 aromatic heterocycles. The zero-order chi connectivity index (χ0) is 29.9. The number of carbonyl (C=O) groups is 2. The van der Waals surface area contributed by atoms with Crippen molar-refractivity contribution >= 4 is 61.1 Å². The molecule has 11 nitrogen and oxygen atoms in total. The molecular formula is C29H39ClN6O5S2. The normalized spacial score (nSPS) is 16.6. The Morgan fingerprint density at radius 1 is 0.953 bits per heavy atom. The number of aryl methyl sites for hydroxylation is 2. The van der Waals surface area contributed by atoms with Crippen LogP contribution in [0.25, 0.3) is 10.2 Å². The second-order valence-electron chi connectivity index (χ2n) is 10.5. The van der Waals surface area contributed by atoms with Crippen LogP contribution in [-0.2, 0) is 14.8 Å². The summed E-state index contributed by atoms with van der Waals surface area (Å²) in [7, 11) is -3.73. The number of piperazine rings is 2. The van der Waals surface area contributed by atoms with Crippen LogP contribution in [0.2, 0.25) is 0 Å². The summed E-state index contributed by atoms with van der Waals surface area (Å²) in [6.07, 6.45) is -0.429. The summed E-state index contributed by atoms with van der Waals surface area (Å²) in [6, 6.07) is 10.3. The number of halogens is 1. The van der Waals surface area contributed by atoms with Crippen LogP contribution in [-0.4, -0.2) is 112 Å². The van der Waals surface area contributed by atoms with Crippen molar-refractivity contribution < 1.29 is 22.7 Å². The SMILES string of the molecule is CCOC(=O)N1CCN(S(=O)(=O)c2ccc(C(=O)NCCN3CCN(c4nc5c(C)c(C)ccc5s4)CC3)cc2)CC1.Cl. The molecule has 0 unspecified atom stereocenters. The van der Waals surface area contributed by atoms with E-state index in [9.17, 15) is 18.0 Å². The van der Waals surface area contributed by atoms with Gasteiger partial charge in [0, 0.05) is 71.0 Å². The molecule has 0 aliphatic carbocycles. The summed E-state index contributed by atoms with van der Waals surface area (Å²) in [4.78, 5) is 35.8. The number of anilines is 1. The Morgan fingerprint density at radius 2 is 1.63 bits per heavy atom. The Morgan fingerprint density at radius 3 is 2.28 bits per heavy atom. The third-order valence-corrected chi connectivity index (χ3v) is 10.9. The highest BCUT2D eigenvalue weighted by Crippen LogP contribution is 2.32. The molecule has 14 heteroatoms. The van der Waals surface area contributed by atoms with Crippen LogP contribution in [0.4, 0.5) is 9.93 Å². The maximum atomic E-state index is 13.1. The Kier molecular flexibility index (Phi) is 10.9. The lowest BCUT2D eigenvalue weighted by molar-refractivity contribution is 0.0932. The largest absolute Gasteiger partial charge is 0.450 e. The van der Waals surface area contributed by atoms with Crippen LogP contribution in [0.15, 0.2) is 41.3 Å². The van der Waals surface area contributed by atoms with Crippen LogP contribution in [0, 0.1) is 13.8 Å². The predicted molar refractivity (Wildman–Crippen MR) is 171 cm³/mol. The standard InChI is InChI=1S/C29H38N6O5S2.ClH/c1-4-40-29(37)34-17-19-35(20-18-34)42(38,39)24-8-6-23(7-9-24)27(36)30-11-12-32-13-15-33(16-14-32)28-31-26-22(3)21(2)5-10-25(26)41-28;/h5-10H,4,11-20H2,1-3H3,(H,30,36);1H. The van der Waals surface area contributed by atoms with E-state index in [2.05, 4.69) is 41.1 Å². The van der Waals surface area contributed by atoms with Gasteiger partial charge >= 0.3 is 6.09 Å². The van der Waals surface area contributed by atoms with Crippen molar-refractivity contribution in [2.75, 3.05) is 77.0 Å². The van der Waals surface area contributed by atoms with Gasteiger partial charge in [0.25, 0.3) is 5.91 Å². The lowest BCUT2D eigenvalue weighted by Gasteiger charge is -2.34. The number of ether oxygens (including phenoxy) is 1. The lowest BCUT2D eigenvalue weighted by atomic mass is 10.1. The molecule has 3 heterocycles. The summed E-state index contributed by atoms with van der Waals surface area (Å²) in [5.74, 6) is -0.235. The molecule has 2 amide bonds. The fourth-order valence-corrected chi connectivity index (χ4v) is 7.69. The van der Waals surface area contributed by atoms with Gasteiger partial charge in [-0.2, -0.15) is 4.31 Å². The summed E-state index contributed by atoms with van der Waals surface area (Å²) in [5, 5.41) is 4.02. The van der Waals surface area contributed by atoms with Crippen LogP contribution in [0.5, 0.6) is 0 Å². The molecule has 2 aromatic carbocycles. The van der Waals surface area contributed by atoms with E-state index in [0.29, 0.717) is 12.1 Å². The number of benzene rings is 2. The number of rotatable bonds is 8. The molecule has 0 saturated carbocycles. The summed E-state index contributed by atoms with van der Waals surface area (Å²) >= 11 is 1.74. The van der Waals surface area contributed by atoms with Crippen LogP contribution >= 0.6 is 23.7 Å². The Hall–Kier alpha value is -2.97. The second kappa shape index (κ2) is 14.2. The molecule has 2 aliphatic heterocycles. The number of amides is 2. The van der Waals surface area contributed by atoms with E-state index in [-0.39, 0.29) is 56.0 Å². The molecule has 5 rings (SSSR count). The van der Waals surface area contributed by atoms with E-state index in [1.165, 1.54) is 49.3 Å². The maximum Gasteiger partial charge on any atom is 0.409 e. The Labute approximate surface area is 263 Å². The first-order chi connectivity index (χ1) is 20.2. The van der Waals surface area contributed by atoms with Crippen molar-refractivity contribution in [2.24, 2.45) is 0 Å². The van der Waals surface area contributed by atoms with E-state index in [1.807, 2.05) is 0 Å². The average molecular weight is 651 g/mol. The first kappa shape index (κ1) is 32.9. The van der Waals surface area contributed by atoms with E-state index >= 15 is 0 Å². The molecule has 2 saturated heterocycles. The average Bonchev–Trinajstić information content (AvgIpc) is 3.45. The molecule has 0 bridgehead atoms. The minimum atomic E-state index is -3.73. The number of hydrogen-bond donors (Lipinski definition) is 1. The van der Waals surface area contributed by atoms with Gasteiger partial charge in [0.1, 0.15) is 0 Å². The molecule has 0 atom stereocenters. The van der Waals surface area contributed by atoms with Gasteiger partial charge in [-0.05, 0) is 62.2 Å². The van der Waals surface area contributed by atoms with Gasteiger partial charge in [-0.3, -0.25) is 9.69 Å². The van der Waals surface area contributed by atoms with Gasteiger partial charge < -0.3 is 19.9 Å². The van der Waals surface area contributed by atoms with Crippen LogP contribution < -0.4 is 10.2 Å². The topological polar surface area (TPSA) is 115 Å². The van der Waals surface area contributed by atoms with Crippen molar-refractivity contribution in [3.8, 4) is 0 Å². The number of fused-ring (bicyclic) bond motifs is 1. The zero-order valence-corrected chi connectivity index (χ0v) is 27.2. The Bertz CT molecular complexity index is 1530. The molecule has 2 fully saturated rings. The first-order valence-electron chi connectivity index (χ1n) is 14.3. The number of carbonyl (C=O) groups excluding carboxylic acids is 2. The van der Waals surface area contributed by atoms with E-state index in [1.54, 1.807) is 18.3 Å². The number of nitrogens with one attached hydrogen (secondary N) is 1. The van der Waals surface area contributed by atoms with Gasteiger partial charge in [-0.15, -0.1) is 12.4 Å². The monoisotopic (exact) mass is 650 g/mol. The Balaban J connectivity index is 0.00000423. The molecular weight excluding hydrogens is 612 g/mol. The first-order valence-corrected chi connectivity index (χ1v) is 16.6. The highest BCUT2D eigenvalue weighted by Gasteiger charge is 2.30. The molecule has 3 aromatic rings. The molecule has 43 heavy (non-hydrogen) atoms. The lowest BCUT2D eigenvalue weighted by Crippen LogP contribution is -2.50. The predicted octanol–water partition coefficient (Wildman–Crippen LogP) is 3.35. The number of sulfonamides is 1. The van der Waals surface area contributed by atoms with E-state index in [4.69, 9.17) is 9.72 Å². The van der Waals surface area contributed by atoms with Gasteiger partial charge in [0.15, 0.2) is 5.13 Å². The van der Waals surface area contributed by atoms with Gasteiger partial charge in [-0.25, -0.2) is 18.2 Å². The van der Waals surface area contributed by atoms with Crippen LogP contribution in [0.3, 0.4) is 0 Å². The fourth-order valence-electron chi connectivity index (χ4n) is 5.20. The van der Waals surface area contributed by atoms with Crippen molar-refractivity contribution in [1.82, 2.24) is 24.4 Å². The minimum absolute atomic E-state index is 0. The molecule has 2 aliphatic rings. The number of thiazole rings is 1. The number of hydrogen-bond acceptors (Lipinski definition) is 9. The fraction of sp³-hybridized carbons (Fsp3) is 0.483. The van der Waals surface area contributed by atoms with Gasteiger partial charge in [0.05, 0.1) is 21.7 Å². The van der Waals surface area contributed by atoms with Crippen molar-refractivity contribution in [3.63, 3.8) is 0 Å². The smallest absolute Gasteiger partial charge is 0.409 e. The maximum absolute atomic E-state index is 13.1. The molecule has 1 N–H and O–H groups in total. The third kappa shape index (κ3) is 7.40. The number of nitrogens with zero attached hydrogens (tertiary/aromatic N) is 5. The quantitative estimate of drug-likeness (QED) is 0.395. The van der Waals surface area contributed by atoms with E-state index in [0.717, 1.165) is 43.4 Å². The highest BCUT2D eigenvalue weighted by atomic mass is 35.5. The van der Waals surface area contributed by atoms with Crippen LogP contribution in [0.1, 0.15) is 28.4 Å². The molecule has 0 radical (unpaired) electrons. The molecule has 0 spiro atoms. The summed E-state index contributed by atoms with van der Waals surface area (Å²) in [6.45, 7) is 12.0. The highest BCUT2D eigenvalue weighted by molar-refractivity contribution is 7.89. The minimum Gasteiger partial charge on any atom is -0.450 e. The van der Waals surface area contributed by atoms with Gasteiger partial charge in [-0.1, -0.05) is 17.4 Å². The molecule has 234 valence electrons.